The number of unbranched alkanes of at least 4 members (excludes halogenated alkanes) is 15. The van der Waals surface area contributed by atoms with Crippen molar-refractivity contribution in [2.24, 2.45) is 0 Å². The van der Waals surface area contributed by atoms with E-state index in [2.05, 4.69) is 55.6 Å². The summed E-state index contributed by atoms with van der Waals surface area (Å²) < 4.78 is 23.3. The summed E-state index contributed by atoms with van der Waals surface area (Å²) in [7, 11) is 1.55. The van der Waals surface area contributed by atoms with Crippen molar-refractivity contribution < 1.29 is 32.9 Å². The van der Waals surface area contributed by atoms with E-state index in [-0.39, 0.29) is 19.1 Å². The Labute approximate surface area is 301 Å². The normalized spacial score (nSPS) is 15.2. The maximum absolute atomic E-state index is 12.7. The van der Waals surface area contributed by atoms with Crippen molar-refractivity contribution in [2.75, 3.05) is 40.9 Å². The SMILES string of the molecule is CCCCCC/C=C/C(O)C(COP(=O)(O)OCC[N+](C)(C)C)NC(=O)CCCCCCCC/C=C\C/C=C\C/C=C\CCCCCCC. The summed E-state index contributed by atoms with van der Waals surface area (Å²) in [6.07, 6.45) is 39.2. The Morgan fingerprint density at radius 3 is 1.71 bits per heavy atom. The second-order valence-corrected chi connectivity index (χ2v) is 15.8. The van der Waals surface area contributed by atoms with E-state index in [9.17, 15) is 19.4 Å². The number of aliphatic hydroxyl groups excluding tert-OH is 1. The molecule has 0 bridgehead atoms. The molecule has 0 radical (unpaired) electrons. The molecule has 0 aromatic heterocycles. The van der Waals surface area contributed by atoms with Crippen LogP contribution in [0.4, 0.5) is 0 Å². The van der Waals surface area contributed by atoms with Gasteiger partial charge in [0.2, 0.25) is 5.91 Å². The summed E-state index contributed by atoms with van der Waals surface area (Å²) in [4.78, 5) is 22.9. The van der Waals surface area contributed by atoms with Crippen LogP contribution in [-0.4, -0.2) is 73.4 Å². The van der Waals surface area contributed by atoms with Gasteiger partial charge in [0, 0.05) is 6.42 Å². The number of likely N-dealkylation sites (N-methyl/N-ethyl adjacent to an activating group) is 1. The van der Waals surface area contributed by atoms with E-state index in [1.54, 1.807) is 6.08 Å². The fourth-order valence-electron chi connectivity index (χ4n) is 5.10. The third kappa shape index (κ3) is 34.7. The van der Waals surface area contributed by atoms with Crippen LogP contribution in [0.25, 0.3) is 0 Å². The van der Waals surface area contributed by atoms with Crippen LogP contribution in [-0.2, 0) is 18.4 Å². The standard InChI is InChI=1S/C40H75N2O6P/c1-6-8-10-12-14-15-16-17-18-19-20-21-22-23-24-25-26-27-28-30-32-34-40(44)41-38(39(43)33-31-29-13-11-9-7-2)37-48-49(45,46)47-36-35-42(3,4)5/h16-17,19-20,22-23,31,33,38-39,43H,6-15,18,21,24-30,32,34-37H2,1-5H3,(H-,41,44,45,46)/p+1/b17-16-,20-19-,23-22-,33-31+. The van der Waals surface area contributed by atoms with Crippen LogP contribution in [0, 0.1) is 0 Å². The molecule has 1 amide bonds. The van der Waals surface area contributed by atoms with Crippen LogP contribution in [0.15, 0.2) is 48.6 Å². The first-order valence-corrected chi connectivity index (χ1v) is 21.0. The Morgan fingerprint density at radius 1 is 0.694 bits per heavy atom. The lowest BCUT2D eigenvalue weighted by atomic mass is 10.1. The fourth-order valence-corrected chi connectivity index (χ4v) is 5.84. The van der Waals surface area contributed by atoms with Crippen molar-refractivity contribution in [3.05, 3.63) is 48.6 Å². The molecule has 0 heterocycles. The van der Waals surface area contributed by atoms with E-state index in [1.807, 2.05) is 27.2 Å². The van der Waals surface area contributed by atoms with Crippen molar-refractivity contribution in [1.82, 2.24) is 5.32 Å². The molecule has 0 aromatic rings. The van der Waals surface area contributed by atoms with E-state index in [4.69, 9.17) is 9.05 Å². The highest BCUT2D eigenvalue weighted by atomic mass is 31.2. The highest BCUT2D eigenvalue weighted by Crippen LogP contribution is 2.43. The van der Waals surface area contributed by atoms with Gasteiger partial charge in [-0.1, -0.05) is 133 Å². The Kier molecular flexibility index (Phi) is 31.4. The van der Waals surface area contributed by atoms with Gasteiger partial charge in [0.05, 0.1) is 39.9 Å². The third-order valence-corrected chi connectivity index (χ3v) is 9.28. The number of nitrogens with one attached hydrogen (secondary N) is 1. The maximum Gasteiger partial charge on any atom is 0.472 e. The van der Waals surface area contributed by atoms with Gasteiger partial charge >= 0.3 is 7.82 Å². The highest BCUT2D eigenvalue weighted by molar-refractivity contribution is 7.47. The Bertz CT molecular complexity index is 944. The minimum Gasteiger partial charge on any atom is -0.387 e. The van der Waals surface area contributed by atoms with Crippen LogP contribution < -0.4 is 5.32 Å². The molecule has 0 rings (SSSR count). The average Bonchev–Trinajstić information content (AvgIpc) is 3.04. The number of amides is 1. The van der Waals surface area contributed by atoms with Crippen LogP contribution in [0.5, 0.6) is 0 Å². The molecule has 0 fully saturated rings. The topological polar surface area (TPSA) is 105 Å². The number of aliphatic hydroxyl groups is 1. The monoisotopic (exact) mass is 712 g/mol. The molecule has 0 aromatic carbocycles. The van der Waals surface area contributed by atoms with Crippen LogP contribution in [0.3, 0.4) is 0 Å². The van der Waals surface area contributed by atoms with Crippen molar-refractivity contribution in [3.63, 3.8) is 0 Å². The average molecular weight is 712 g/mol. The molecule has 286 valence electrons. The molecule has 3 N–H and O–H groups in total. The molecule has 0 spiro atoms. The van der Waals surface area contributed by atoms with Crippen LogP contribution in [0.1, 0.15) is 149 Å². The van der Waals surface area contributed by atoms with E-state index in [1.165, 1.54) is 57.8 Å². The minimum absolute atomic E-state index is 0.0560. The summed E-state index contributed by atoms with van der Waals surface area (Å²) >= 11 is 0. The first-order valence-electron chi connectivity index (χ1n) is 19.5. The number of hydrogen-bond acceptors (Lipinski definition) is 5. The summed E-state index contributed by atoms with van der Waals surface area (Å²) in [6, 6.07) is -0.850. The van der Waals surface area contributed by atoms with Gasteiger partial charge in [-0.15, -0.1) is 0 Å². The van der Waals surface area contributed by atoms with Gasteiger partial charge in [0.15, 0.2) is 0 Å². The van der Waals surface area contributed by atoms with E-state index in [0.717, 1.165) is 70.6 Å². The number of carbonyl (C=O) groups is 1. The van der Waals surface area contributed by atoms with Gasteiger partial charge in [-0.2, -0.15) is 0 Å². The van der Waals surface area contributed by atoms with E-state index in [0.29, 0.717) is 17.4 Å². The highest BCUT2D eigenvalue weighted by Gasteiger charge is 2.27. The third-order valence-electron chi connectivity index (χ3n) is 8.29. The minimum atomic E-state index is -4.32. The quantitative estimate of drug-likeness (QED) is 0.0266. The van der Waals surface area contributed by atoms with Gasteiger partial charge in [0.1, 0.15) is 13.2 Å². The molecular formula is C40H76N2O6P+. The Hall–Kier alpha value is -1.54. The lowest BCUT2D eigenvalue weighted by Gasteiger charge is -2.25. The Balaban J connectivity index is 4.29. The summed E-state index contributed by atoms with van der Waals surface area (Å²) in [5.41, 5.74) is 0. The number of allylic oxidation sites excluding steroid dienone is 7. The molecule has 3 unspecified atom stereocenters. The maximum atomic E-state index is 12.7. The van der Waals surface area contributed by atoms with Crippen molar-refractivity contribution >= 4 is 13.7 Å². The van der Waals surface area contributed by atoms with Crippen LogP contribution in [0.2, 0.25) is 0 Å². The summed E-state index contributed by atoms with van der Waals surface area (Å²) in [6.45, 7) is 4.68. The largest absolute Gasteiger partial charge is 0.472 e. The van der Waals surface area contributed by atoms with Crippen molar-refractivity contribution in [2.45, 2.75) is 161 Å². The van der Waals surface area contributed by atoms with E-state index >= 15 is 0 Å². The molecule has 3 atom stereocenters. The molecular weight excluding hydrogens is 635 g/mol. The number of phosphoric acid groups is 1. The van der Waals surface area contributed by atoms with Gasteiger partial charge in [-0.25, -0.2) is 4.57 Å². The zero-order valence-electron chi connectivity index (χ0n) is 32.2. The zero-order valence-corrected chi connectivity index (χ0v) is 33.1. The second kappa shape index (κ2) is 32.4. The molecule has 8 nitrogen and oxygen atoms in total. The lowest BCUT2D eigenvalue weighted by molar-refractivity contribution is -0.870. The number of phosphoric ester groups is 1. The van der Waals surface area contributed by atoms with Crippen molar-refractivity contribution in [1.29, 1.82) is 0 Å². The van der Waals surface area contributed by atoms with Gasteiger partial charge < -0.3 is 19.8 Å². The molecule has 0 aliphatic carbocycles. The predicted molar refractivity (Wildman–Crippen MR) is 207 cm³/mol. The number of quaternary nitrogens is 1. The Morgan fingerprint density at radius 2 is 1.16 bits per heavy atom. The number of rotatable bonds is 34. The number of hydrogen-bond donors (Lipinski definition) is 3. The smallest absolute Gasteiger partial charge is 0.387 e. The van der Waals surface area contributed by atoms with Gasteiger partial charge in [0.25, 0.3) is 0 Å². The van der Waals surface area contributed by atoms with Crippen LogP contribution >= 0.6 is 7.82 Å². The summed E-state index contributed by atoms with van der Waals surface area (Å²) in [5.74, 6) is -0.198. The van der Waals surface area contributed by atoms with Gasteiger partial charge in [-0.05, 0) is 57.8 Å². The molecule has 0 aliphatic heterocycles. The number of carbonyl (C=O) groups excluding carboxylic acids is 1. The zero-order chi connectivity index (χ0) is 36.5. The van der Waals surface area contributed by atoms with Gasteiger partial charge in [-0.3, -0.25) is 13.8 Å². The summed E-state index contributed by atoms with van der Waals surface area (Å²) in [5, 5.41) is 13.6. The molecule has 0 saturated heterocycles. The number of nitrogens with zero attached hydrogens (tertiary/aromatic N) is 1. The molecule has 49 heavy (non-hydrogen) atoms. The molecule has 0 aliphatic rings. The van der Waals surface area contributed by atoms with Crippen molar-refractivity contribution in [3.8, 4) is 0 Å². The first kappa shape index (κ1) is 47.5. The predicted octanol–water partition coefficient (Wildman–Crippen LogP) is 10.1. The van der Waals surface area contributed by atoms with E-state index < -0.39 is 20.0 Å². The fraction of sp³-hybridized carbons (Fsp3) is 0.775. The molecule has 9 heteroatoms. The second-order valence-electron chi connectivity index (χ2n) is 14.3. The molecule has 0 saturated carbocycles. The lowest BCUT2D eigenvalue weighted by Crippen LogP contribution is -2.45. The first-order chi connectivity index (χ1) is 23.5.